The van der Waals surface area contributed by atoms with Crippen LogP contribution in [0.25, 0.3) is 11.0 Å². The number of likely N-dealkylation sites (tertiary alicyclic amines) is 2. The molecule has 34 heavy (non-hydrogen) atoms. The number of hydrogen-bond donors (Lipinski definition) is 1. The molecule has 0 aromatic carbocycles. The molecule has 0 radical (unpaired) electrons. The first kappa shape index (κ1) is 22.3. The number of hydrogen-bond acceptors (Lipinski definition) is 6. The van der Waals surface area contributed by atoms with Crippen LogP contribution >= 0.6 is 0 Å². The Balaban J connectivity index is 1.08. The van der Waals surface area contributed by atoms with E-state index in [2.05, 4.69) is 37.2 Å². The Bertz CT molecular complexity index is 1010. The Morgan fingerprint density at radius 1 is 0.912 bits per heavy atom. The van der Waals surface area contributed by atoms with Gasteiger partial charge in [0.1, 0.15) is 5.82 Å². The van der Waals surface area contributed by atoms with Crippen molar-refractivity contribution in [1.82, 2.24) is 29.9 Å². The van der Waals surface area contributed by atoms with Crippen molar-refractivity contribution in [2.45, 2.75) is 75.9 Å². The monoisotopic (exact) mass is 465 g/mol. The number of pyridine rings is 1. The van der Waals surface area contributed by atoms with Gasteiger partial charge in [-0.1, -0.05) is 0 Å². The highest BCUT2D eigenvalue weighted by molar-refractivity contribution is 6.04. The lowest BCUT2D eigenvalue weighted by molar-refractivity contribution is 0.0904. The maximum absolute atomic E-state index is 13.2. The zero-order valence-corrected chi connectivity index (χ0v) is 20.6. The van der Waals surface area contributed by atoms with Gasteiger partial charge >= 0.3 is 0 Å². The Morgan fingerprint density at radius 2 is 1.59 bits per heavy atom. The molecule has 2 bridgehead atoms. The summed E-state index contributed by atoms with van der Waals surface area (Å²) in [6.45, 7) is 6.99. The summed E-state index contributed by atoms with van der Waals surface area (Å²) in [7, 11) is 1.90. The van der Waals surface area contributed by atoms with Gasteiger partial charge < -0.3 is 20.0 Å². The molecule has 2 unspecified atom stereocenters. The first-order valence-electron chi connectivity index (χ1n) is 13.5. The molecule has 4 saturated heterocycles. The van der Waals surface area contributed by atoms with Crippen molar-refractivity contribution in [2.75, 3.05) is 44.2 Å². The normalized spacial score (nSPS) is 26.6. The number of aromatic nitrogens is 3. The minimum atomic E-state index is -0.0614. The quantitative estimate of drug-likeness (QED) is 0.708. The number of carbonyl (C=O) groups excluding carboxylic acids is 1. The van der Waals surface area contributed by atoms with Crippen molar-refractivity contribution in [3.63, 3.8) is 0 Å². The van der Waals surface area contributed by atoms with Gasteiger partial charge in [-0.3, -0.25) is 4.79 Å². The molecular weight excluding hydrogens is 426 g/mol. The first-order valence-corrected chi connectivity index (χ1v) is 13.5. The molecule has 4 aliphatic rings. The molecule has 6 rings (SSSR count). The number of anilines is 1. The summed E-state index contributed by atoms with van der Waals surface area (Å²) in [5.74, 6) is 0.990. The standard InChI is InChI=1S/C26H39N7O/c1-30-25-22(9-10-23(28-25)33-20-5-4-6-21(33)8-7-20)24(29-30)26(34)27-19-11-15-32(16-12-19)18-17-31-13-2-3-14-31/h9-10,19-21H,2-8,11-18H2,1H3,(H,27,34). The summed E-state index contributed by atoms with van der Waals surface area (Å²) in [5, 5.41) is 8.72. The summed E-state index contributed by atoms with van der Waals surface area (Å²) < 4.78 is 1.78. The van der Waals surface area contributed by atoms with Gasteiger partial charge in [-0.05, 0) is 83.0 Å². The molecular formula is C26H39N7O. The maximum Gasteiger partial charge on any atom is 0.272 e. The fourth-order valence-corrected chi connectivity index (χ4v) is 6.77. The number of carbonyl (C=O) groups is 1. The van der Waals surface area contributed by atoms with Crippen LogP contribution in [0, 0.1) is 0 Å². The highest BCUT2D eigenvalue weighted by Crippen LogP contribution is 2.39. The van der Waals surface area contributed by atoms with Crippen molar-refractivity contribution in [1.29, 1.82) is 0 Å². The first-order chi connectivity index (χ1) is 16.7. The van der Waals surface area contributed by atoms with E-state index in [-0.39, 0.29) is 11.9 Å². The van der Waals surface area contributed by atoms with Gasteiger partial charge in [-0.2, -0.15) is 5.10 Å². The van der Waals surface area contributed by atoms with Crippen LogP contribution < -0.4 is 10.2 Å². The highest BCUT2D eigenvalue weighted by Gasteiger charge is 2.37. The van der Waals surface area contributed by atoms with Gasteiger partial charge in [0.2, 0.25) is 0 Å². The Kier molecular flexibility index (Phi) is 6.20. The molecule has 1 N–H and O–H groups in total. The predicted molar refractivity (Wildman–Crippen MR) is 134 cm³/mol. The van der Waals surface area contributed by atoms with E-state index in [9.17, 15) is 4.79 Å². The highest BCUT2D eigenvalue weighted by atomic mass is 16.2. The van der Waals surface area contributed by atoms with E-state index in [0.717, 1.165) is 49.3 Å². The zero-order valence-electron chi connectivity index (χ0n) is 20.6. The van der Waals surface area contributed by atoms with Gasteiger partial charge in [0.15, 0.2) is 11.3 Å². The van der Waals surface area contributed by atoms with Crippen LogP contribution in [0.2, 0.25) is 0 Å². The van der Waals surface area contributed by atoms with Crippen molar-refractivity contribution in [2.24, 2.45) is 7.05 Å². The molecule has 6 heterocycles. The summed E-state index contributed by atoms with van der Waals surface area (Å²) in [4.78, 5) is 25.8. The van der Waals surface area contributed by atoms with E-state index in [1.165, 1.54) is 64.6 Å². The second-order valence-corrected chi connectivity index (χ2v) is 10.9. The third kappa shape index (κ3) is 4.31. The van der Waals surface area contributed by atoms with Gasteiger partial charge in [0.25, 0.3) is 5.91 Å². The minimum absolute atomic E-state index is 0.0614. The van der Waals surface area contributed by atoms with Crippen molar-refractivity contribution >= 4 is 22.8 Å². The lowest BCUT2D eigenvalue weighted by Gasteiger charge is -2.35. The van der Waals surface area contributed by atoms with Crippen LogP contribution in [0.1, 0.15) is 68.3 Å². The van der Waals surface area contributed by atoms with E-state index in [1.54, 1.807) is 4.68 Å². The van der Waals surface area contributed by atoms with Gasteiger partial charge in [-0.25, -0.2) is 9.67 Å². The summed E-state index contributed by atoms with van der Waals surface area (Å²) in [6, 6.07) is 5.65. The molecule has 2 aromatic heterocycles. The lowest BCUT2D eigenvalue weighted by Crippen LogP contribution is -2.46. The van der Waals surface area contributed by atoms with E-state index < -0.39 is 0 Å². The molecule has 0 spiro atoms. The van der Waals surface area contributed by atoms with E-state index in [0.29, 0.717) is 17.8 Å². The maximum atomic E-state index is 13.2. The van der Waals surface area contributed by atoms with Crippen LogP contribution in [0.4, 0.5) is 5.82 Å². The van der Waals surface area contributed by atoms with Gasteiger partial charge in [0.05, 0.1) is 5.39 Å². The molecule has 1 amide bonds. The van der Waals surface area contributed by atoms with Crippen molar-refractivity contribution in [3.8, 4) is 0 Å². The van der Waals surface area contributed by atoms with Crippen LogP contribution in [-0.4, -0.2) is 87.9 Å². The average Bonchev–Trinajstić information content (AvgIpc) is 3.55. The van der Waals surface area contributed by atoms with Crippen molar-refractivity contribution < 1.29 is 4.79 Å². The number of piperidine rings is 2. The Morgan fingerprint density at radius 3 is 2.29 bits per heavy atom. The molecule has 8 heteroatoms. The summed E-state index contributed by atoms with van der Waals surface area (Å²) in [6.07, 6.45) is 11.2. The molecule has 0 aliphatic carbocycles. The zero-order chi connectivity index (χ0) is 23.1. The smallest absolute Gasteiger partial charge is 0.272 e. The molecule has 0 saturated carbocycles. The van der Waals surface area contributed by atoms with E-state index in [1.807, 2.05) is 7.05 Å². The second-order valence-electron chi connectivity index (χ2n) is 10.9. The number of nitrogens with one attached hydrogen (secondary N) is 1. The summed E-state index contributed by atoms with van der Waals surface area (Å²) in [5.41, 5.74) is 1.32. The molecule has 4 fully saturated rings. The Hall–Kier alpha value is -2.19. The van der Waals surface area contributed by atoms with Gasteiger partial charge in [0, 0.05) is 51.4 Å². The van der Waals surface area contributed by atoms with Crippen LogP contribution in [0.3, 0.4) is 0 Å². The van der Waals surface area contributed by atoms with Crippen LogP contribution in [0.5, 0.6) is 0 Å². The number of amides is 1. The van der Waals surface area contributed by atoms with Crippen LogP contribution in [-0.2, 0) is 7.05 Å². The minimum Gasteiger partial charge on any atom is -0.351 e. The molecule has 2 atom stereocenters. The number of rotatable bonds is 6. The predicted octanol–water partition coefficient (Wildman–Crippen LogP) is 2.78. The third-order valence-corrected chi connectivity index (χ3v) is 8.70. The molecule has 8 nitrogen and oxygen atoms in total. The summed E-state index contributed by atoms with van der Waals surface area (Å²) >= 11 is 0. The number of nitrogens with zero attached hydrogens (tertiary/aromatic N) is 6. The molecule has 4 aliphatic heterocycles. The fourth-order valence-electron chi connectivity index (χ4n) is 6.77. The third-order valence-electron chi connectivity index (χ3n) is 8.70. The van der Waals surface area contributed by atoms with Crippen molar-refractivity contribution in [3.05, 3.63) is 17.8 Å². The number of fused-ring (bicyclic) bond motifs is 3. The number of aryl methyl sites for hydroxylation is 1. The van der Waals surface area contributed by atoms with E-state index in [4.69, 9.17) is 4.98 Å². The lowest BCUT2D eigenvalue weighted by atomic mass is 10.0. The van der Waals surface area contributed by atoms with Gasteiger partial charge in [-0.15, -0.1) is 0 Å². The average molecular weight is 466 g/mol. The SMILES string of the molecule is Cn1nc(C(=O)NC2CCN(CCN3CCCC3)CC2)c2ccc(N3C4CCCC3CC4)nc21. The largest absolute Gasteiger partial charge is 0.351 e. The molecule has 2 aromatic rings. The fraction of sp³-hybridized carbons (Fsp3) is 0.731. The van der Waals surface area contributed by atoms with Crippen LogP contribution in [0.15, 0.2) is 12.1 Å². The Labute approximate surface area is 202 Å². The molecule has 184 valence electrons. The second kappa shape index (κ2) is 9.46. The topological polar surface area (TPSA) is 69.5 Å². The van der Waals surface area contributed by atoms with E-state index >= 15 is 0 Å².